The molecule has 5 heteroatoms. The van der Waals surface area contributed by atoms with Crippen molar-refractivity contribution in [3.63, 3.8) is 0 Å². The van der Waals surface area contributed by atoms with Gasteiger partial charge in [-0.1, -0.05) is 0 Å². The SMILES string of the molecule is CCn1nccc1-c1cc(Br)nc(C)n1. The van der Waals surface area contributed by atoms with Gasteiger partial charge in [0.25, 0.3) is 0 Å². The Balaban J connectivity index is 2.53. The summed E-state index contributed by atoms with van der Waals surface area (Å²) in [6.07, 6.45) is 1.78. The number of rotatable bonds is 2. The second-order valence-corrected chi connectivity index (χ2v) is 3.97. The highest BCUT2D eigenvalue weighted by atomic mass is 79.9. The van der Waals surface area contributed by atoms with Gasteiger partial charge in [0.05, 0.1) is 11.4 Å². The average molecular weight is 267 g/mol. The maximum absolute atomic E-state index is 4.38. The molecule has 0 bridgehead atoms. The molecule has 0 amide bonds. The number of hydrogen-bond acceptors (Lipinski definition) is 3. The summed E-state index contributed by atoms with van der Waals surface area (Å²) >= 11 is 3.36. The summed E-state index contributed by atoms with van der Waals surface area (Å²) in [5.74, 6) is 0.753. The fraction of sp³-hybridized carbons (Fsp3) is 0.300. The first-order valence-corrected chi connectivity index (χ1v) is 5.53. The van der Waals surface area contributed by atoms with Gasteiger partial charge in [-0.25, -0.2) is 9.97 Å². The van der Waals surface area contributed by atoms with Crippen molar-refractivity contribution in [3.05, 3.63) is 28.8 Å². The molecule has 78 valence electrons. The first-order valence-electron chi connectivity index (χ1n) is 4.74. The Morgan fingerprint density at radius 1 is 1.40 bits per heavy atom. The van der Waals surface area contributed by atoms with E-state index in [0.717, 1.165) is 28.4 Å². The van der Waals surface area contributed by atoms with Crippen molar-refractivity contribution in [1.29, 1.82) is 0 Å². The summed E-state index contributed by atoms with van der Waals surface area (Å²) in [7, 11) is 0. The van der Waals surface area contributed by atoms with Gasteiger partial charge in [0.2, 0.25) is 0 Å². The molecule has 4 nitrogen and oxygen atoms in total. The average Bonchev–Trinajstić information content (AvgIpc) is 2.63. The van der Waals surface area contributed by atoms with Gasteiger partial charge in [-0.2, -0.15) is 5.10 Å². The van der Waals surface area contributed by atoms with Crippen LogP contribution in [-0.2, 0) is 6.54 Å². The van der Waals surface area contributed by atoms with E-state index in [1.807, 2.05) is 23.7 Å². The molecular weight excluding hydrogens is 256 g/mol. The maximum Gasteiger partial charge on any atom is 0.127 e. The van der Waals surface area contributed by atoms with Crippen LogP contribution in [0.1, 0.15) is 12.7 Å². The fourth-order valence-corrected chi connectivity index (χ4v) is 1.94. The number of aryl methyl sites for hydroxylation is 2. The monoisotopic (exact) mass is 266 g/mol. The third-order valence-electron chi connectivity index (χ3n) is 2.09. The molecule has 0 unspecified atom stereocenters. The zero-order chi connectivity index (χ0) is 10.8. The Morgan fingerprint density at radius 3 is 2.87 bits per heavy atom. The molecule has 2 aromatic rings. The molecule has 0 saturated heterocycles. The van der Waals surface area contributed by atoms with Crippen molar-refractivity contribution in [2.75, 3.05) is 0 Å². The van der Waals surface area contributed by atoms with Crippen LogP contribution in [0.5, 0.6) is 0 Å². The van der Waals surface area contributed by atoms with Gasteiger partial charge >= 0.3 is 0 Å². The Kier molecular flexibility index (Phi) is 2.81. The second-order valence-electron chi connectivity index (χ2n) is 3.16. The van der Waals surface area contributed by atoms with Gasteiger partial charge in [0.15, 0.2) is 0 Å². The van der Waals surface area contributed by atoms with E-state index in [2.05, 4.69) is 37.9 Å². The Morgan fingerprint density at radius 2 is 2.20 bits per heavy atom. The van der Waals surface area contributed by atoms with E-state index in [1.165, 1.54) is 0 Å². The first kappa shape index (κ1) is 10.3. The molecule has 2 rings (SSSR count). The summed E-state index contributed by atoms with van der Waals surface area (Å²) in [6.45, 7) is 4.77. The van der Waals surface area contributed by atoms with Crippen molar-refractivity contribution < 1.29 is 0 Å². The molecule has 0 aliphatic rings. The summed E-state index contributed by atoms with van der Waals surface area (Å²) in [4.78, 5) is 8.56. The van der Waals surface area contributed by atoms with Gasteiger partial charge in [-0.15, -0.1) is 0 Å². The molecule has 0 radical (unpaired) electrons. The number of hydrogen-bond donors (Lipinski definition) is 0. The van der Waals surface area contributed by atoms with Crippen LogP contribution >= 0.6 is 15.9 Å². The molecule has 0 saturated carbocycles. The highest BCUT2D eigenvalue weighted by Gasteiger charge is 2.07. The summed E-state index contributed by atoms with van der Waals surface area (Å²) in [6, 6.07) is 3.86. The minimum Gasteiger partial charge on any atom is -0.264 e. The minimum absolute atomic E-state index is 0.753. The lowest BCUT2D eigenvalue weighted by Gasteiger charge is -2.04. The Labute approximate surface area is 96.5 Å². The van der Waals surface area contributed by atoms with Crippen LogP contribution < -0.4 is 0 Å². The summed E-state index contributed by atoms with van der Waals surface area (Å²) in [5, 5.41) is 4.21. The summed E-state index contributed by atoms with van der Waals surface area (Å²) < 4.78 is 2.71. The largest absolute Gasteiger partial charge is 0.264 e. The number of nitrogens with zero attached hydrogens (tertiary/aromatic N) is 4. The zero-order valence-corrected chi connectivity index (χ0v) is 10.2. The number of halogens is 1. The van der Waals surface area contributed by atoms with Crippen LogP contribution in [0, 0.1) is 6.92 Å². The molecule has 0 aliphatic carbocycles. The lowest BCUT2D eigenvalue weighted by molar-refractivity contribution is 0.665. The van der Waals surface area contributed by atoms with Crippen LogP contribution in [0.4, 0.5) is 0 Å². The summed E-state index contributed by atoms with van der Waals surface area (Å²) in [5.41, 5.74) is 1.91. The highest BCUT2D eigenvalue weighted by Crippen LogP contribution is 2.19. The molecule has 0 spiro atoms. The smallest absolute Gasteiger partial charge is 0.127 e. The molecule has 0 atom stereocenters. The Hall–Kier alpha value is -1.23. The van der Waals surface area contributed by atoms with E-state index in [0.29, 0.717) is 0 Å². The normalized spacial score (nSPS) is 10.6. The lowest BCUT2D eigenvalue weighted by Crippen LogP contribution is -2.01. The van der Waals surface area contributed by atoms with Crippen LogP contribution in [0.3, 0.4) is 0 Å². The van der Waals surface area contributed by atoms with E-state index in [9.17, 15) is 0 Å². The van der Waals surface area contributed by atoms with Gasteiger partial charge in [0.1, 0.15) is 10.4 Å². The molecular formula is C10H11BrN4. The zero-order valence-electron chi connectivity index (χ0n) is 8.61. The lowest BCUT2D eigenvalue weighted by atomic mass is 10.3. The first-order chi connectivity index (χ1) is 7.20. The maximum atomic E-state index is 4.38. The molecule has 0 aromatic carbocycles. The van der Waals surface area contributed by atoms with Crippen molar-refractivity contribution in [1.82, 2.24) is 19.7 Å². The molecule has 15 heavy (non-hydrogen) atoms. The van der Waals surface area contributed by atoms with Crippen LogP contribution in [0.25, 0.3) is 11.4 Å². The molecule has 2 heterocycles. The van der Waals surface area contributed by atoms with E-state index < -0.39 is 0 Å². The molecule has 0 N–H and O–H groups in total. The fourth-order valence-electron chi connectivity index (χ4n) is 1.46. The van der Waals surface area contributed by atoms with E-state index >= 15 is 0 Å². The van der Waals surface area contributed by atoms with Gasteiger partial charge in [-0.05, 0) is 41.9 Å². The topological polar surface area (TPSA) is 43.6 Å². The molecule has 0 fully saturated rings. The van der Waals surface area contributed by atoms with Crippen molar-refractivity contribution >= 4 is 15.9 Å². The van der Waals surface area contributed by atoms with Gasteiger partial charge in [0, 0.05) is 12.7 Å². The van der Waals surface area contributed by atoms with Crippen molar-refractivity contribution in [3.8, 4) is 11.4 Å². The molecule has 2 aromatic heterocycles. The van der Waals surface area contributed by atoms with E-state index in [1.54, 1.807) is 6.20 Å². The van der Waals surface area contributed by atoms with Crippen LogP contribution in [0.2, 0.25) is 0 Å². The van der Waals surface area contributed by atoms with Crippen LogP contribution in [-0.4, -0.2) is 19.7 Å². The van der Waals surface area contributed by atoms with Crippen LogP contribution in [0.15, 0.2) is 22.9 Å². The molecule has 0 aliphatic heterocycles. The predicted octanol–water partition coefficient (Wildman–Crippen LogP) is 2.43. The predicted molar refractivity (Wildman–Crippen MR) is 61.4 cm³/mol. The van der Waals surface area contributed by atoms with Gasteiger partial charge in [-0.3, -0.25) is 4.68 Å². The van der Waals surface area contributed by atoms with Gasteiger partial charge < -0.3 is 0 Å². The third-order valence-corrected chi connectivity index (χ3v) is 2.49. The second kappa shape index (κ2) is 4.10. The van der Waals surface area contributed by atoms with E-state index in [-0.39, 0.29) is 0 Å². The standard InChI is InChI=1S/C10H11BrN4/c1-3-15-9(4-5-12-15)8-6-10(11)14-7(2)13-8/h4-6H,3H2,1-2H3. The van der Waals surface area contributed by atoms with Crippen molar-refractivity contribution in [2.24, 2.45) is 0 Å². The number of aromatic nitrogens is 4. The highest BCUT2D eigenvalue weighted by molar-refractivity contribution is 9.10. The quantitative estimate of drug-likeness (QED) is 0.785. The van der Waals surface area contributed by atoms with E-state index in [4.69, 9.17) is 0 Å². The minimum atomic E-state index is 0.753. The third kappa shape index (κ3) is 2.07. The Bertz CT molecular complexity index is 458. The van der Waals surface area contributed by atoms with Crippen molar-refractivity contribution in [2.45, 2.75) is 20.4 Å².